The van der Waals surface area contributed by atoms with E-state index in [1.54, 1.807) is 18.2 Å². The van der Waals surface area contributed by atoms with Crippen molar-refractivity contribution in [2.45, 2.75) is 20.8 Å². The number of esters is 1. The van der Waals surface area contributed by atoms with Crippen LogP contribution in [0.25, 0.3) is 12.2 Å². The summed E-state index contributed by atoms with van der Waals surface area (Å²) in [5, 5.41) is 0. The van der Waals surface area contributed by atoms with Crippen molar-refractivity contribution in [1.82, 2.24) is 0 Å². The summed E-state index contributed by atoms with van der Waals surface area (Å²) in [5.74, 6) is -0.328. The first kappa shape index (κ1) is 19.4. The molecular formula is C22H26O2. The highest BCUT2D eigenvalue weighted by molar-refractivity contribution is 5.93. The average Bonchev–Trinajstić information content (AvgIpc) is 2.60. The van der Waals surface area contributed by atoms with Gasteiger partial charge in [0, 0.05) is 0 Å². The Kier molecular flexibility index (Phi) is 7.70. The number of rotatable bonds is 3. The number of hydrogen-bond donors (Lipinski definition) is 0. The van der Waals surface area contributed by atoms with Gasteiger partial charge in [0.15, 0.2) is 0 Å². The first-order valence-corrected chi connectivity index (χ1v) is 7.91. The Bertz CT molecular complexity index is 677. The number of ether oxygens (including phenoxy) is 1. The molecule has 0 bridgehead atoms. The van der Waals surface area contributed by atoms with Gasteiger partial charge in [0.25, 0.3) is 0 Å². The summed E-state index contributed by atoms with van der Waals surface area (Å²) in [6.45, 7) is 10.2. The number of carbonyl (C=O) groups excluding carboxylic acids is 1. The molecule has 0 saturated carbocycles. The lowest BCUT2D eigenvalue weighted by atomic mass is 9.95. The first-order valence-electron chi connectivity index (χ1n) is 7.91. The van der Waals surface area contributed by atoms with Crippen LogP contribution in [0.4, 0.5) is 0 Å². The normalized spacial score (nSPS) is 10.7. The highest BCUT2D eigenvalue weighted by Crippen LogP contribution is 2.16. The van der Waals surface area contributed by atoms with Gasteiger partial charge in [-0.2, -0.15) is 0 Å². The molecule has 0 amide bonds. The largest absolute Gasteiger partial charge is 0.465 e. The number of methoxy groups -OCH3 is 1. The molecule has 0 aliphatic carbocycles. The van der Waals surface area contributed by atoms with Crippen molar-refractivity contribution in [3.63, 3.8) is 0 Å². The van der Waals surface area contributed by atoms with Crippen LogP contribution in [0, 0.1) is 5.41 Å². The molecule has 0 aromatic heterocycles. The molecule has 2 heteroatoms. The molecular weight excluding hydrogens is 296 g/mol. The number of allylic oxidation sites excluding steroid dienone is 1. The third-order valence-electron chi connectivity index (χ3n) is 3.16. The fourth-order valence-corrected chi connectivity index (χ4v) is 1.88. The van der Waals surface area contributed by atoms with Gasteiger partial charge in [-0.1, -0.05) is 94.1 Å². The Hall–Kier alpha value is -2.61. The number of benzene rings is 2. The van der Waals surface area contributed by atoms with Crippen LogP contribution in [-0.2, 0) is 4.74 Å². The van der Waals surface area contributed by atoms with Gasteiger partial charge in [0.2, 0.25) is 0 Å². The van der Waals surface area contributed by atoms with E-state index < -0.39 is 0 Å². The molecule has 2 rings (SSSR count). The Morgan fingerprint density at radius 3 is 2.12 bits per heavy atom. The number of carbonyl (C=O) groups is 1. The van der Waals surface area contributed by atoms with E-state index in [0.29, 0.717) is 5.56 Å². The van der Waals surface area contributed by atoms with Crippen molar-refractivity contribution in [2.24, 2.45) is 5.41 Å². The molecule has 2 aromatic rings. The van der Waals surface area contributed by atoms with Gasteiger partial charge in [-0.25, -0.2) is 4.79 Å². The van der Waals surface area contributed by atoms with Crippen LogP contribution >= 0.6 is 0 Å². The maximum absolute atomic E-state index is 11.1. The van der Waals surface area contributed by atoms with E-state index in [4.69, 9.17) is 0 Å². The van der Waals surface area contributed by atoms with E-state index in [1.165, 1.54) is 12.7 Å². The van der Waals surface area contributed by atoms with Crippen molar-refractivity contribution >= 4 is 18.1 Å². The highest BCUT2D eigenvalue weighted by Gasteiger charge is 2.07. The second-order valence-corrected chi connectivity index (χ2v) is 6.39. The molecule has 0 aliphatic heterocycles. The Morgan fingerprint density at radius 1 is 1.00 bits per heavy atom. The molecule has 0 aliphatic rings. The molecule has 0 spiro atoms. The van der Waals surface area contributed by atoms with Crippen LogP contribution < -0.4 is 0 Å². The van der Waals surface area contributed by atoms with Crippen molar-refractivity contribution in [2.75, 3.05) is 7.11 Å². The zero-order valence-corrected chi connectivity index (χ0v) is 15.0. The topological polar surface area (TPSA) is 26.3 Å². The zero-order chi connectivity index (χ0) is 18.0. The third kappa shape index (κ3) is 7.10. The average molecular weight is 322 g/mol. The molecule has 126 valence electrons. The van der Waals surface area contributed by atoms with Crippen molar-refractivity contribution in [1.29, 1.82) is 0 Å². The summed E-state index contributed by atoms with van der Waals surface area (Å²) in [5.41, 5.74) is 2.89. The standard InChI is InChI=1S/C12H16.C10H10O2/c1-12(2,3)10-9-11-7-5-4-6-8-11;1-3-8-6-4-5-7-9(8)10(11)12-2/h4-10H,1-3H3;3-7H,1H2,2H3. The van der Waals surface area contributed by atoms with E-state index >= 15 is 0 Å². The maximum Gasteiger partial charge on any atom is 0.338 e. The van der Waals surface area contributed by atoms with Crippen LogP contribution in [0.15, 0.2) is 67.3 Å². The Labute approximate surface area is 145 Å². The van der Waals surface area contributed by atoms with Gasteiger partial charge in [0.1, 0.15) is 0 Å². The van der Waals surface area contributed by atoms with Gasteiger partial charge in [-0.05, 0) is 22.6 Å². The van der Waals surface area contributed by atoms with Gasteiger partial charge < -0.3 is 4.74 Å². The minimum atomic E-state index is -0.328. The molecule has 0 heterocycles. The lowest BCUT2D eigenvalue weighted by Gasteiger charge is -2.10. The molecule has 0 atom stereocenters. The predicted molar refractivity (Wildman–Crippen MR) is 103 cm³/mol. The van der Waals surface area contributed by atoms with Crippen LogP contribution in [-0.4, -0.2) is 13.1 Å². The van der Waals surface area contributed by atoms with Gasteiger partial charge in [-0.3, -0.25) is 0 Å². The van der Waals surface area contributed by atoms with E-state index in [1.807, 2.05) is 18.2 Å². The monoisotopic (exact) mass is 322 g/mol. The summed E-state index contributed by atoms with van der Waals surface area (Å²) in [4.78, 5) is 11.1. The van der Waals surface area contributed by atoms with E-state index in [2.05, 4.69) is 68.5 Å². The summed E-state index contributed by atoms with van der Waals surface area (Å²) >= 11 is 0. The van der Waals surface area contributed by atoms with E-state index in [-0.39, 0.29) is 11.4 Å². The summed E-state index contributed by atoms with van der Waals surface area (Å²) in [6.07, 6.45) is 6.02. The second kappa shape index (κ2) is 9.51. The summed E-state index contributed by atoms with van der Waals surface area (Å²) < 4.78 is 4.59. The Balaban J connectivity index is 0.000000240. The molecule has 2 aromatic carbocycles. The molecule has 24 heavy (non-hydrogen) atoms. The second-order valence-electron chi connectivity index (χ2n) is 6.39. The number of hydrogen-bond acceptors (Lipinski definition) is 2. The highest BCUT2D eigenvalue weighted by atomic mass is 16.5. The van der Waals surface area contributed by atoms with Gasteiger partial charge in [-0.15, -0.1) is 0 Å². The van der Waals surface area contributed by atoms with Crippen LogP contribution in [0.3, 0.4) is 0 Å². The minimum Gasteiger partial charge on any atom is -0.465 e. The minimum absolute atomic E-state index is 0.274. The van der Waals surface area contributed by atoms with Gasteiger partial charge >= 0.3 is 5.97 Å². The zero-order valence-electron chi connectivity index (χ0n) is 15.0. The molecule has 0 radical (unpaired) electrons. The summed E-state index contributed by atoms with van der Waals surface area (Å²) in [6, 6.07) is 17.5. The summed E-state index contributed by atoms with van der Waals surface area (Å²) in [7, 11) is 1.36. The fraction of sp³-hybridized carbons (Fsp3) is 0.227. The maximum atomic E-state index is 11.1. The quantitative estimate of drug-likeness (QED) is 0.661. The lowest BCUT2D eigenvalue weighted by Crippen LogP contribution is -2.02. The predicted octanol–water partition coefficient (Wildman–Crippen LogP) is 5.86. The van der Waals surface area contributed by atoms with E-state index in [9.17, 15) is 4.79 Å². The van der Waals surface area contributed by atoms with Crippen molar-refractivity contribution in [3.8, 4) is 0 Å². The SMILES string of the molecule is C=Cc1ccccc1C(=O)OC.CC(C)(C)C=Cc1ccccc1. The molecule has 0 N–H and O–H groups in total. The smallest absolute Gasteiger partial charge is 0.338 e. The lowest BCUT2D eigenvalue weighted by molar-refractivity contribution is 0.0600. The van der Waals surface area contributed by atoms with Crippen LogP contribution in [0.5, 0.6) is 0 Å². The molecule has 2 nitrogen and oxygen atoms in total. The van der Waals surface area contributed by atoms with Crippen LogP contribution in [0.2, 0.25) is 0 Å². The molecule has 0 saturated heterocycles. The third-order valence-corrected chi connectivity index (χ3v) is 3.16. The fourth-order valence-electron chi connectivity index (χ4n) is 1.88. The first-order chi connectivity index (χ1) is 11.4. The Morgan fingerprint density at radius 2 is 1.58 bits per heavy atom. The van der Waals surface area contributed by atoms with E-state index in [0.717, 1.165) is 5.56 Å². The molecule has 0 fully saturated rings. The van der Waals surface area contributed by atoms with Crippen molar-refractivity contribution in [3.05, 3.63) is 83.9 Å². The van der Waals surface area contributed by atoms with Gasteiger partial charge in [0.05, 0.1) is 12.7 Å². The molecule has 0 unspecified atom stereocenters. The van der Waals surface area contributed by atoms with Crippen LogP contribution in [0.1, 0.15) is 42.3 Å². The van der Waals surface area contributed by atoms with Crippen molar-refractivity contribution < 1.29 is 9.53 Å².